The van der Waals surface area contributed by atoms with E-state index in [0.717, 1.165) is 6.08 Å². The average Bonchev–Trinajstić information content (AvgIpc) is 2.82. The fraction of sp³-hybridized carbons (Fsp3) is 0.471. The summed E-state index contributed by atoms with van der Waals surface area (Å²) in [6, 6.07) is -1.26. The smallest absolute Gasteiger partial charge is 0.380 e. The molecule has 1 amide bonds. The highest BCUT2D eigenvalue weighted by Gasteiger charge is 2.51. The summed E-state index contributed by atoms with van der Waals surface area (Å²) in [7, 11) is 0. The zero-order valence-corrected chi connectivity index (χ0v) is 13.9. The van der Waals surface area contributed by atoms with Crippen molar-refractivity contribution in [3.8, 4) is 0 Å². The normalized spacial score (nSPS) is 26.1. The van der Waals surface area contributed by atoms with Crippen molar-refractivity contribution in [1.82, 2.24) is 10.6 Å². The summed E-state index contributed by atoms with van der Waals surface area (Å²) in [6.45, 7) is 3.18. The topological polar surface area (TPSA) is 41.1 Å². The third kappa shape index (κ3) is 3.14. The van der Waals surface area contributed by atoms with Crippen molar-refractivity contribution in [2.24, 2.45) is 5.92 Å². The lowest BCUT2D eigenvalue weighted by atomic mass is 9.78. The molecule has 1 aliphatic carbocycles. The van der Waals surface area contributed by atoms with E-state index < -0.39 is 36.6 Å². The molecule has 0 spiro atoms. The molecule has 0 saturated heterocycles. The molecule has 2 unspecified atom stereocenters. The Morgan fingerprint density at radius 1 is 1.12 bits per heavy atom. The minimum absolute atomic E-state index is 0.0435. The second-order valence-electron chi connectivity index (χ2n) is 6.47. The van der Waals surface area contributed by atoms with E-state index in [0.29, 0.717) is 11.1 Å². The van der Waals surface area contributed by atoms with Crippen molar-refractivity contribution in [1.29, 1.82) is 0 Å². The van der Waals surface area contributed by atoms with Crippen molar-refractivity contribution >= 4 is 5.91 Å². The molecule has 2 N–H and O–H groups in total. The zero-order chi connectivity index (χ0) is 19.4. The van der Waals surface area contributed by atoms with E-state index in [1.807, 2.05) is 0 Å². The molecule has 26 heavy (non-hydrogen) atoms. The first kappa shape index (κ1) is 18.6. The van der Waals surface area contributed by atoms with Crippen LogP contribution >= 0.6 is 0 Å². The molecule has 3 rings (SSSR count). The minimum atomic E-state index is -4.75. The van der Waals surface area contributed by atoms with Gasteiger partial charge in [-0.2, -0.15) is 26.3 Å². The number of amides is 1. The minimum Gasteiger partial charge on any atom is -0.380 e. The van der Waals surface area contributed by atoms with Crippen molar-refractivity contribution < 1.29 is 31.1 Å². The SMILES string of the molecule is CCC1=C(C)C2=C(NC1CC(F)(F)F)C(C(F)(F)F)C1=CC(=O)NC1=C2. The third-order valence-corrected chi connectivity index (χ3v) is 4.81. The molecule has 0 aromatic heterocycles. The second kappa shape index (κ2) is 5.92. The number of carbonyl (C=O) groups excluding carboxylic acids is 1. The Balaban J connectivity index is 2.15. The number of dihydropyridines is 1. The van der Waals surface area contributed by atoms with Gasteiger partial charge in [0.25, 0.3) is 0 Å². The zero-order valence-electron chi connectivity index (χ0n) is 13.9. The molecule has 0 aromatic carbocycles. The molecule has 2 heterocycles. The number of allylic oxidation sites excluding steroid dienone is 5. The van der Waals surface area contributed by atoms with Crippen molar-refractivity contribution in [3.63, 3.8) is 0 Å². The summed E-state index contributed by atoms with van der Waals surface area (Å²) in [4.78, 5) is 11.5. The first-order chi connectivity index (χ1) is 11.9. The molecule has 9 heteroatoms. The number of halogens is 6. The van der Waals surface area contributed by atoms with Gasteiger partial charge in [0.15, 0.2) is 0 Å². The van der Waals surface area contributed by atoms with Crippen LogP contribution in [-0.2, 0) is 4.79 Å². The van der Waals surface area contributed by atoms with E-state index in [1.165, 1.54) is 13.0 Å². The van der Waals surface area contributed by atoms with Gasteiger partial charge in [0.2, 0.25) is 5.91 Å². The largest absolute Gasteiger partial charge is 0.401 e. The van der Waals surface area contributed by atoms with Gasteiger partial charge in [0.1, 0.15) is 5.92 Å². The highest BCUT2D eigenvalue weighted by atomic mass is 19.4. The van der Waals surface area contributed by atoms with Gasteiger partial charge < -0.3 is 10.6 Å². The molecule has 142 valence electrons. The summed E-state index contributed by atoms with van der Waals surface area (Å²) >= 11 is 0. The van der Waals surface area contributed by atoms with Gasteiger partial charge in [0.05, 0.1) is 12.5 Å². The van der Waals surface area contributed by atoms with Gasteiger partial charge in [-0.3, -0.25) is 4.79 Å². The molecule has 3 aliphatic rings. The van der Waals surface area contributed by atoms with E-state index >= 15 is 0 Å². The number of hydrogen-bond acceptors (Lipinski definition) is 2. The quantitative estimate of drug-likeness (QED) is 0.713. The maximum absolute atomic E-state index is 13.7. The fourth-order valence-corrected chi connectivity index (χ4v) is 3.79. The Morgan fingerprint density at radius 3 is 2.31 bits per heavy atom. The first-order valence-electron chi connectivity index (χ1n) is 8.01. The maximum atomic E-state index is 13.7. The van der Waals surface area contributed by atoms with Gasteiger partial charge in [-0.15, -0.1) is 0 Å². The van der Waals surface area contributed by atoms with Crippen LogP contribution in [0.25, 0.3) is 0 Å². The lowest BCUT2D eigenvalue weighted by molar-refractivity contribution is -0.156. The van der Waals surface area contributed by atoms with Crippen LogP contribution in [0.1, 0.15) is 26.7 Å². The molecular weight excluding hydrogens is 362 g/mol. The van der Waals surface area contributed by atoms with Gasteiger partial charge in [-0.25, -0.2) is 0 Å². The number of rotatable bonds is 2. The Bertz CT molecular complexity index is 782. The van der Waals surface area contributed by atoms with Crippen molar-refractivity contribution in [2.75, 3.05) is 0 Å². The van der Waals surface area contributed by atoms with Crippen LogP contribution < -0.4 is 10.6 Å². The summed E-state index contributed by atoms with van der Waals surface area (Å²) < 4.78 is 79.9. The monoisotopic (exact) mass is 378 g/mol. The molecule has 3 nitrogen and oxygen atoms in total. The predicted octanol–water partition coefficient (Wildman–Crippen LogP) is 4.02. The fourth-order valence-electron chi connectivity index (χ4n) is 3.79. The van der Waals surface area contributed by atoms with E-state index in [1.54, 1.807) is 6.92 Å². The van der Waals surface area contributed by atoms with Crippen LogP contribution in [0.5, 0.6) is 0 Å². The molecule has 0 saturated carbocycles. The number of fused-ring (bicyclic) bond motifs is 1. The lowest BCUT2D eigenvalue weighted by Gasteiger charge is -2.39. The predicted molar refractivity (Wildman–Crippen MR) is 81.5 cm³/mol. The third-order valence-electron chi connectivity index (χ3n) is 4.81. The molecule has 0 radical (unpaired) electrons. The molecule has 0 aromatic rings. The van der Waals surface area contributed by atoms with Crippen LogP contribution in [0.2, 0.25) is 0 Å². The van der Waals surface area contributed by atoms with Crippen LogP contribution in [0.3, 0.4) is 0 Å². The number of alkyl halides is 6. The highest BCUT2D eigenvalue weighted by molar-refractivity contribution is 5.95. The van der Waals surface area contributed by atoms with Gasteiger partial charge in [-0.1, -0.05) is 6.92 Å². The molecule has 0 fully saturated rings. The van der Waals surface area contributed by atoms with Crippen molar-refractivity contribution in [3.05, 3.63) is 45.8 Å². The van der Waals surface area contributed by atoms with Crippen LogP contribution in [0.15, 0.2) is 45.8 Å². The summed E-state index contributed by atoms with van der Waals surface area (Å²) in [6.07, 6.45) is -8.02. The Morgan fingerprint density at radius 2 is 1.77 bits per heavy atom. The van der Waals surface area contributed by atoms with Crippen molar-refractivity contribution in [2.45, 2.75) is 45.1 Å². The second-order valence-corrected chi connectivity index (χ2v) is 6.47. The molecule has 2 atom stereocenters. The number of nitrogens with one attached hydrogen (secondary N) is 2. The molecular formula is C17H16F6N2O. The van der Waals surface area contributed by atoms with Crippen LogP contribution in [0, 0.1) is 5.92 Å². The van der Waals surface area contributed by atoms with E-state index in [4.69, 9.17) is 0 Å². The number of carbonyl (C=O) groups is 1. The van der Waals surface area contributed by atoms with E-state index in [-0.39, 0.29) is 29.0 Å². The average molecular weight is 378 g/mol. The van der Waals surface area contributed by atoms with Gasteiger partial charge >= 0.3 is 12.4 Å². The Labute approximate surface area is 145 Å². The first-order valence-corrected chi connectivity index (χ1v) is 8.01. The summed E-state index contributed by atoms with van der Waals surface area (Å²) in [5.74, 6) is -2.84. The van der Waals surface area contributed by atoms with Crippen LogP contribution in [0.4, 0.5) is 26.3 Å². The standard InChI is InChI=1S/C17H16F6N2O/c1-3-8-7(2)9-4-11-10(5-13(26)24-11)14(17(21,22)23)15(9)25-12(8)6-16(18,19)20/h4-5,12,14,25H,3,6H2,1-2H3,(H,24,26). The maximum Gasteiger partial charge on any atom is 0.401 e. The lowest BCUT2D eigenvalue weighted by Crippen LogP contribution is -2.45. The number of hydrogen-bond donors (Lipinski definition) is 2. The Hall–Kier alpha value is -2.19. The molecule has 0 bridgehead atoms. The van der Waals surface area contributed by atoms with Crippen LogP contribution in [-0.4, -0.2) is 24.3 Å². The van der Waals surface area contributed by atoms with E-state index in [2.05, 4.69) is 10.6 Å². The highest BCUT2D eigenvalue weighted by Crippen LogP contribution is 2.48. The van der Waals surface area contributed by atoms with Gasteiger partial charge in [-0.05, 0) is 41.7 Å². The molecule has 2 aliphatic heterocycles. The Kier molecular flexibility index (Phi) is 4.23. The summed E-state index contributed by atoms with van der Waals surface area (Å²) in [5, 5.41) is 4.84. The van der Waals surface area contributed by atoms with E-state index in [9.17, 15) is 31.1 Å². The summed E-state index contributed by atoms with van der Waals surface area (Å²) in [5.41, 5.74) is 0.437. The van der Waals surface area contributed by atoms with Gasteiger partial charge in [0, 0.05) is 17.5 Å².